The number of hydrogen-bond acceptors (Lipinski definition) is 4. The highest BCUT2D eigenvalue weighted by Crippen LogP contribution is 2.36. The number of nitrogens with zero attached hydrogens (tertiary/aromatic N) is 1. The van der Waals surface area contributed by atoms with Crippen LogP contribution in [0, 0.1) is 0 Å². The van der Waals surface area contributed by atoms with Gasteiger partial charge in [-0.15, -0.1) is 24.2 Å². The van der Waals surface area contributed by atoms with Gasteiger partial charge >= 0.3 is 0 Å². The summed E-state index contributed by atoms with van der Waals surface area (Å²) in [6.45, 7) is 1.89. The van der Waals surface area contributed by atoms with Gasteiger partial charge in [0.1, 0.15) is 0 Å². The molecule has 7 heteroatoms. The smallest absolute Gasteiger partial charge is 0.253 e. The van der Waals surface area contributed by atoms with Crippen molar-refractivity contribution in [2.75, 3.05) is 12.4 Å². The fourth-order valence-corrected chi connectivity index (χ4v) is 4.99. The number of piperidine rings is 1. The molecule has 4 rings (SSSR count). The Hall–Kier alpha value is -1.24. The Kier molecular flexibility index (Phi) is 5.32. The van der Waals surface area contributed by atoms with Gasteiger partial charge in [-0.1, -0.05) is 0 Å². The van der Waals surface area contributed by atoms with Crippen molar-refractivity contribution in [2.24, 2.45) is 0 Å². The molecule has 136 valence electrons. The van der Waals surface area contributed by atoms with Crippen molar-refractivity contribution >= 4 is 41.7 Å². The summed E-state index contributed by atoms with van der Waals surface area (Å²) in [5, 5.41) is 6.43. The second-order valence-corrected chi connectivity index (χ2v) is 8.52. The zero-order chi connectivity index (χ0) is 16.8. The standard InChI is InChI=1S/C18H23N3O2S.ClH/c1-10-17(22)20-15-7-11(3-6-16(15)24-10)18(23)21(2)14-8-12-4-5-13(9-14)19-12;/h3,6-7,10,12-14,19H,4-5,8-9H2,1-2H3,(H,20,22);1H. The van der Waals surface area contributed by atoms with Gasteiger partial charge in [0, 0.05) is 35.6 Å². The van der Waals surface area contributed by atoms with Crippen molar-refractivity contribution in [3.8, 4) is 0 Å². The number of benzene rings is 1. The van der Waals surface area contributed by atoms with Crippen LogP contribution in [0.1, 0.15) is 43.0 Å². The fraction of sp³-hybridized carbons (Fsp3) is 0.556. The lowest BCUT2D eigenvalue weighted by molar-refractivity contribution is -0.115. The van der Waals surface area contributed by atoms with E-state index in [0.29, 0.717) is 23.7 Å². The van der Waals surface area contributed by atoms with Gasteiger partial charge in [-0.2, -0.15) is 0 Å². The molecule has 2 fully saturated rings. The molecule has 0 aliphatic carbocycles. The molecule has 5 nitrogen and oxygen atoms in total. The summed E-state index contributed by atoms with van der Waals surface area (Å²) in [4.78, 5) is 27.7. The quantitative estimate of drug-likeness (QED) is 0.826. The molecule has 2 N–H and O–H groups in total. The summed E-state index contributed by atoms with van der Waals surface area (Å²) >= 11 is 1.54. The molecule has 3 unspecified atom stereocenters. The molecule has 3 aliphatic heterocycles. The van der Waals surface area contributed by atoms with Crippen molar-refractivity contribution < 1.29 is 9.59 Å². The van der Waals surface area contributed by atoms with Gasteiger partial charge in [-0.25, -0.2) is 0 Å². The number of nitrogens with one attached hydrogen (secondary N) is 2. The van der Waals surface area contributed by atoms with Crippen LogP contribution in [0.5, 0.6) is 0 Å². The van der Waals surface area contributed by atoms with E-state index in [1.54, 1.807) is 11.8 Å². The predicted octanol–water partition coefficient (Wildman–Crippen LogP) is 2.90. The van der Waals surface area contributed by atoms with Crippen molar-refractivity contribution in [1.82, 2.24) is 10.2 Å². The molecule has 0 radical (unpaired) electrons. The average Bonchev–Trinajstić information content (AvgIpc) is 2.92. The fourth-order valence-electron chi connectivity index (χ4n) is 4.05. The lowest BCUT2D eigenvalue weighted by atomic mass is 9.98. The zero-order valence-corrected chi connectivity index (χ0v) is 16.1. The number of fused-ring (bicyclic) bond motifs is 3. The van der Waals surface area contributed by atoms with Crippen LogP contribution in [0.25, 0.3) is 0 Å². The SMILES string of the molecule is CC1Sc2ccc(C(=O)N(C)C3CC4CCC(C3)N4)cc2NC1=O.Cl. The van der Waals surface area contributed by atoms with Crippen LogP contribution < -0.4 is 10.6 Å². The maximum absolute atomic E-state index is 12.9. The first-order valence-electron chi connectivity index (χ1n) is 8.66. The van der Waals surface area contributed by atoms with Crippen LogP contribution in [0.4, 0.5) is 5.69 Å². The highest BCUT2D eigenvalue weighted by atomic mass is 35.5. The maximum atomic E-state index is 12.9. The number of thioether (sulfide) groups is 1. The van der Waals surface area contributed by atoms with Gasteiger partial charge in [0.15, 0.2) is 0 Å². The Morgan fingerprint density at radius 2 is 1.92 bits per heavy atom. The van der Waals surface area contributed by atoms with Crippen LogP contribution in [0.2, 0.25) is 0 Å². The van der Waals surface area contributed by atoms with Crippen molar-refractivity contribution in [3.05, 3.63) is 23.8 Å². The van der Waals surface area contributed by atoms with Crippen LogP contribution in [0.3, 0.4) is 0 Å². The van der Waals surface area contributed by atoms with E-state index in [9.17, 15) is 9.59 Å². The Morgan fingerprint density at radius 3 is 2.60 bits per heavy atom. The third kappa shape index (κ3) is 3.52. The summed E-state index contributed by atoms with van der Waals surface area (Å²) in [5.41, 5.74) is 1.41. The monoisotopic (exact) mass is 381 g/mol. The van der Waals surface area contributed by atoms with E-state index >= 15 is 0 Å². The van der Waals surface area contributed by atoms with Crippen LogP contribution in [-0.2, 0) is 4.79 Å². The molecule has 3 atom stereocenters. The molecule has 3 aliphatic rings. The number of hydrogen-bond donors (Lipinski definition) is 2. The highest BCUT2D eigenvalue weighted by Gasteiger charge is 2.36. The number of halogens is 1. The van der Waals surface area contributed by atoms with E-state index in [1.807, 2.05) is 37.1 Å². The maximum Gasteiger partial charge on any atom is 0.253 e. The summed E-state index contributed by atoms with van der Waals surface area (Å²) < 4.78 is 0. The van der Waals surface area contributed by atoms with Gasteiger partial charge < -0.3 is 15.5 Å². The Labute approximate surface area is 158 Å². The minimum Gasteiger partial charge on any atom is -0.339 e. The van der Waals surface area contributed by atoms with Gasteiger partial charge in [-0.05, 0) is 50.8 Å². The Morgan fingerprint density at radius 1 is 1.24 bits per heavy atom. The highest BCUT2D eigenvalue weighted by molar-refractivity contribution is 8.00. The van der Waals surface area contributed by atoms with Crippen molar-refractivity contribution in [1.29, 1.82) is 0 Å². The lowest BCUT2D eigenvalue weighted by Gasteiger charge is -2.35. The van der Waals surface area contributed by atoms with E-state index in [1.165, 1.54) is 12.8 Å². The molecular weight excluding hydrogens is 358 g/mol. The van der Waals surface area contributed by atoms with Crippen molar-refractivity contribution in [3.63, 3.8) is 0 Å². The number of rotatable bonds is 2. The third-order valence-corrected chi connectivity index (χ3v) is 6.65. The molecule has 2 amide bonds. The molecule has 1 aromatic carbocycles. The minimum absolute atomic E-state index is 0. The first kappa shape index (κ1) is 18.5. The first-order valence-corrected chi connectivity index (χ1v) is 9.54. The first-order chi connectivity index (χ1) is 11.5. The number of carbonyl (C=O) groups excluding carboxylic acids is 2. The predicted molar refractivity (Wildman–Crippen MR) is 103 cm³/mol. The van der Waals surface area contributed by atoms with Gasteiger partial charge in [0.25, 0.3) is 5.91 Å². The molecule has 3 heterocycles. The van der Waals surface area contributed by atoms with E-state index in [-0.39, 0.29) is 29.5 Å². The van der Waals surface area contributed by atoms with Crippen molar-refractivity contribution in [2.45, 2.75) is 60.9 Å². The van der Waals surface area contributed by atoms with E-state index in [2.05, 4.69) is 10.6 Å². The number of carbonyl (C=O) groups is 2. The number of amides is 2. The van der Waals surface area contributed by atoms with Crippen LogP contribution in [0.15, 0.2) is 23.1 Å². The molecule has 2 saturated heterocycles. The van der Waals surface area contributed by atoms with Gasteiger partial charge in [0.05, 0.1) is 10.9 Å². The summed E-state index contributed by atoms with van der Waals surface area (Å²) in [6.07, 6.45) is 4.52. The average molecular weight is 382 g/mol. The van der Waals surface area contributed by atoms with Crippen LogP contribution >= 0.6 is 24.2 Å². The molecule has 0 spiro atoms. The normalized spacial score (nSPS) is 30.1. The largest absolute Gasteiger partial charge is 0.339 e. The molecule has 0 saturated carbocycles. The molecule has 1 aromatic rings. The molecule has 2 bridgehead atoms. The van der Waals surface area contributed by atoms with E-state index in [4.69, 9.17) is 0 Å². The van der Waals surface area contributed by atoms with Gasteiger partial charge in [-0.3, -0.25) is 9.59 Å². The minimum atomic E-state index is -0.0908. The second kappa shape index (κ2) is 7.17. The number of anilines is 1. The third-order valence-electron chi connectivity index (χ3n) is 5.47. The molecule has 0 aromatic heterocycles. The lowest BCUT2D eigenvalue weighted by Crippen LogP contribution is -2.48. The molecule has 25 heavy (non-hydrogen) atoms. The molecular formula is C18H24ClN3O2S. The summed E-state index contributed by atoms with van der Waals surface area (Å²) in [5.74, 6) is 0.0438. The summed E-state index contributed by atoms with van der Waals surface area (Å²) in [7, 11) is 1.91. The Bertz CT molecular complexity index is 687. The van der Waals surface area contributed by atoms with E-state index < -0.39 is 0 Å². The van der Waals surface area contributed by atoms with Gasteiger partial charge in [0.2, 0.25) is 5.91 Å². The topological polar surface area (TPSA) is 61.4 Å². The zero-order valence-electron chi connectivity index (χ0n) is 14.5. The summed E-state index contributed by atoms with van der Waals surface area (Å²) in [6, 6.07) is 7.07. The van der Waals surface area contributed by atoms with E-state index in [0.717, 1.165) is 23.4 Å². The second-order valence-electron chi connectivity index (χ2n) is 7.14. The Balaban J connectivity index is 0.00000182. The van der Waals surface area contributed by atoms with Crippen LogP contribution in [-0.4, -0.2) is 47.1 Å².